The number of rotatable bonds is 1. The molecule has 2 rings (SSSR count). The van der Waals surface area contributed by atoms with E-state index in [-0.39, 0.29) is 6.54 Å². The van der Waals surface area contributed by atoms with Gasteiger partial charge in [0.2, 0.25) is 0 Å². The van der Waals surface area contributed by atoms with Crippen LogP contribution in [-0.4, -0.2) is 54.9 Å². The molecule has 0 aliphatic carbocycles. The fraction of sp³-hybridized carbons (Fsp3) is 1.00. The minimum Gasteiger partial charge on any atom is -0.315 e. The van der Waals surface area contributed by atoms with E-state index < -0.39 is 36.9 Å². The summed E-state index contributed by atoms with van der Waals surface area (Å²) in [6, 6.07) is -0.525. The summed E-state index contributed by atoms with van der Waals surface area (Å²) in [6.07, 6.45) is 0.414. The van der Waals surface area contributed by atoms with E-state index >= 15 is 0 Å². The first-order valence-electron chi connectivity index (χ1n) is 5.26. The molecule has 0 amide bonds. The fourth-order valence-electron chi connectivity index (χ4n) is 2.24. The number of halogens is 6. The smallest absolute Gasteiger partial charge is 0.315 e. The van der Waals surface area contributed by atoms with Gasteiger partial charge in [-0.2, -0.15) is 26.3 Å². The lowest BCUT2D eigenvalue weighted by Crippen LogP contribution is -2.68. The van der Waals surface area contributed by atoms with Crippen LogP contribution in [-0.2, 0) is 0 Å². The van der Waals surface area contributed by atoms with Crippen molar-refractivity contribution in [2.75, 3.05) is 26.2 Å². The number of nitrogens with one attached hydrogen (secondary N) is 1. The van der Waals surface area contributed by atoms with Gasteiger partial charge in [0.15, 0.2) is 0 Å². The Kier molecular flexibility index (Phi) is 2.85. The van der Waals surface area contributed by atoms with Crippen molar-refractivity contribution in [3.63, 3.8) is 0 Å². The van der Waals surface area contributed by atoms with Crippen LogP contribution in [0.1, 0.15) is 6.42 Å². The number of nitrogens with zero attached hydrogens (tertiary/aromatic N) is 1. The molecule has 0 aromatic heterocycles. The van der Waals surface area contributed by atoms with Crippen LogP contribution < -0.4 is 5.32 Å². The zero-order valence-corrected chi connectivity index (χ0v) is 8.83. The summed E-state index contributed by atoms with van der Waals surface area (Å²) in [5.74, 6) is -14.7. The Balaban J connectivity index is 2.21. The highest BCUT2D eigenvalue weighted by Gasteiger charge is 2.74. The van der Waals surface area contributed by atoms with Gasteiger partial charge in [-0.25, -0.2) is 0 Å². The number of alkyl halides is 6. The van der Waals surface area contributed by atoms with E-state index in [2.05, 4.69) is 5.32 Å². The second-order valence-corrected chi connectivity index (χ2v) is 4.53. The van der Waals surface area contributed by atoms with Gasteiger partial charge in [-0.15, -0.1) is 0 Å². The third-order valence-electron chi connectivity index (χ3n) is 3.27. The van der Waals surface area contributed by atoms with Gasteiger partial charge in [-0.1, -0.05) is 0 Å². The van der Waals surface area contributed by atoms with Crippen molar-refractivity contribution in [1.82, 2.24) is 10.2 Å². The third kappa shape index (κ3) is 1.91. The van der Waals surface area contributed by atoms with Crippen molar-refractivity contribution in [1.29, 1.82) is 0 Å². The Morgan fingerprint density at radius 3 is 1.88 bits per heavy atom. The number of piperidine rings is 1. The van der Waals surface area contributed by atoms with Gasteiger partial charge in [0, 0.05) is 12.6 Å². The highest BCUT2D eigenvalue weighted by molar-refractivity contribution is 5.05. The van der Waals surface area contributed by atoms with Gasteiger partial charge in [0.25, 0.3) is 0 Å². The maximum Gasteiger partial charge on any atom is 0.374 e. The maximum atomic E-state index is 13.1. The molecule has 17 heavy (non-hydrogen) atoms. The van der Waals surface area contributed by atoms with E-state index in [9.17, 15) is 26.3 Å². The van der Waals surface area contributed by atoms with Crippen molar-refractivity contribution in [2.45, 2.75) is 30.2 Å². The standard InChI is InChI=1S/C9H12F6N2/c10-7(11)4-17(6-1-2-16-3-6)5-8(12,13)9(7,14)15/h6,16H,1-5H2/t6-/m1/s1. The molecule has 1 N–H and O–H groups in total. The van der Waals surface area contributed by atoms with Gasteiger partial charge in [-0.3, -0.25) is 4.90 Å². The fourth-order valence-corrected chi connectivity index (χ4v) is 2.24. The van der Waals surface area contributed by atoms with Gasteiger partial charge < -0.3 is 5.32 Å². The van der Waals surface area contributed by atoms with E-state index in [0.717, 1.165) is 4.90 Å². The highest BCUT2D eigenvalue weighted by Crippen LogP contribution is 2.49. The Morgan fingerprint density at radius 2 is 1.47 bits per heavy atom. The van der Waals surface area contributed by atoms with E-state index in [1.807, 2.05) is 0 Å². The predicted molar refractivity (Wildman–Crippen MR) is 47.7 cm³/mol. The lowest BCUT2D eigenvalue weighted by Gasteiger charge is -2.44. The summed E-state index contributed by atoms with van der Waals surface area (Å²) < 4.78 is 78.1. The molecule has 2 saturated heterocycles. The van der Waals surface area contributed by atoms with Crippen LogP contribution in [0.2, 0.25) is 0 Å². The number of hydrogen-bond acceptors (Lipinski definition) is 2. The van der Waals surface area contributed by atoms with Gasteiger partial charge in [0.1, 0.15) is 0 Å². The molecular weight excluding hydrogens is 250 g/mol. The summed E-state index contributed by atoms with van der Waals surface area (Å²) in [4.78, 5) is 0.761. The molecule has 0 saturated carbocycles. The average Bonchev–Trinajstić information content (AvgIpc) is 2.66. The second kappa shape index (κ2) is 3.74. The summed E-state index contributed by atoms with van der Waals surface area (Å²) in [5.41, 5.74) is 0. The normalized spacial score (nSPS) is 36.0. The topological polar surface area (TPSA) is 15.3 Å². The SMILES string of the molecule is FC1(F)CN([C@@H]2CCNC2)CC(F)(F)C1(F)F. The molecule has 8 heteroatoms. The van der Waals surface area contributed by atoms with E-state index in [1.165, 1.54) is 0 Å². The zero-order valence-electron chi connectivity index (χ0n) is 8.83. The molecule has 1 atom stereocenters. The molecule has 0 spiro atoms. The molecule has 0 radical (unpaired) electrons. The molecule has 2 fully saturated rings. The van der Waals surface area contributed by atoms with Crippen LogP contribution in [0.25, 0.3) is 0 Å². The van der Waals surface area contributed by atoms with Crippen LogP contribution >= 0.6 is 0 Å². The minimum absolute atomic E-state index is 0.276. The van der Waals surface area contributed by atoms with Crippen molar-refractivity contribution in [3.05, 3.63) is 0 Å². The molecule has 2 heterocycles. The lowest BCUT2D eigenvalue weighted by atomic mass is 9.96. The monoisotopic (exact) mass is 262 g/mol. The highest BCUT2D eigenvalue weighted by atomic mass is 19.3. The summed E-state index contributed by atoms with van der Waals surface area (Å²) in [6.45, 7) is -1.84. The first-order chi connectivity index (χ1) is 7.67. The predicted octanol–water partition coefficient (Wildman–Crippen LogP) is 1.57. The van der Waals surface area contributed by atoms with Gasteiger partial charge in [0.05, 0.1) is 13.1 Å². The molecule has 2 aliphatic heterocycles. The summed E-state index contributed by atoms with van der Waals surface area (Å²) in [5, 5.41) is 2.83. The minimum atomic E-state index is -5.28. The Bertz CT molecular complexity index is 280. The van der Waals surface area contributed by atoms with E-state index in [0.29, 0.717) is 13.0 Å². The van der Waals surface area contributed by atoms with Crippen LogP contribution in [0.15, 0.2) is 0 Å². The number of likely N-dealkylation sites (tertiary alicyclic amines) is 1. The summed E-state index contributed by atoms with van der Waals surface area (Å²) in [7, 11) is 0. The van der Waals surface area contributed by atoms with Gasteiger partial charge >= 0.3 is 17.8 Å². The Morgan fingerprint density at radius 1 is 0.941 bits per heavy atom. The van der Waals surface area contributed by atoms with E-state index in [1.54, 1.807) is 0 Å². The molecule has 2 nitrogen and oxygen atoms in total. The molecule has 0 aromatic rings. The largest absolute Gasteiger partial charge is 0.374 e. The first-order valence-corrected chi connectivity index (χ1v) is 5.26. The quantitative estimate of drug-likeness (QED) is 0.722. The van der Waals surface area contributed by atoms with Crippen LogP contribution in [0.5, 0.6) is 0 Å². The molecule has 0 bridgehead atoms. The third-order valence-corrected chi connectivity index (χ3v) is 3.27. The van der Waals surface area contributed by atoms with Crippen LogP contribution in [0, 0.1) is 0 Å². The average molecular weight is 262 g/mol. The first kappa shape index (κ1) is 12.9. The van der Waals surface area contributed by atoms with Crippen molar-refractivity contribution < 1.29 is 26.3 Å². The Hall–Kier alpha value is -0.500. The van der Waals surface area contributed by atoms with Crippen molar-refractivity contribution in [2.24, 2.45) is 0 Å². The Labute approximate surface area is 94.0 Å². The second-order valence-electron chi connectivity index (χ2n) is 4.53. The summed E-state index contributed by atoms with van der Waals surface area (Å²) >= 11 is 0. The zero-order chi connectivity index (χ0) is 12.9. The van der Waals surface area contributed by atoms with E-state index in [4.69, 9.17) is 0 Å². The van der Waals surface area contributed by atoms with Crippen LogP contribution in [0.3, 0.4) is 0 Å². The molecule has 0 aromatic carbocycles. The van der Waals surface area contributed by atoms with Gasteiger partial charge in [-0.05, 0) is 13.0 Å². The molecule has 100 valence electrons. The van der Waals surface area contributed by atoms with Crippen molar-refractivity contribution >= 4 is 0 Å². The molecule has 0 unspecified atom stereocenters. The molecular formula is C9H12F6N2. The maximum absolute atomic E-state index is 13.1. The van der Waals surface area contributed by atoms with Crippen LogP contribution in [0.4, 0.5) is 26.3 Å². The molecule has 2 aliphatic rings. The number of hydrogen-bond donors (Lipinski definition) is 1. The van der Waals surface area contributed by atoms with Crippen molar-refractivity contribution in [3.8, 4) is 0 Å². The lowest BCUT2D eigenvalue weighted by molar-refractivity contribution is -0.340.